The van der Waals surface area contributed by atoms with Gasteiger partial charge in [-0.2, -0.15) is 0 Å². The molecule has 0 bridgehead atoms. The Kier molecular flexibility index (Phi) is 5.44. The summed E-state index contributed by atoms with van der Waals surface area (Å²) in [7, 11) is 2.11. The highest BCUT2D eigenvalue weighted by Gasteiger charge is 2.18. The molecule has 0 radical (unpaired) electrons. The van der Waals surface area contributed by atoms with Crippen molar-refractivity contribution in [1.82, 2.24) is 10.2 Å². The van der Waals surface area contributed by atoms with Crippen LogP contribution in [0.1, 0.15) is 26.7 Å². The van der Waals surface area contributed by atoms with Crippen LogP contribution >= 0.6 is 0 Å². The largest absolute Gasteiger partial charge is 0.491 e. The molecule has 2 amide bonds. The van der Waals surface area contributed by atoms with Gasteiger partial charge in [-0.1, -0.05) is 0 Å². The minimum atomic E-state index is -0.137. The molecular formula is C16H25N3O2. The quantitative estimate of drug-likeness (QED) is 0.897. The molecule has 0 aromatic heterocycles. The van der Waals surface area contributed by atoms with E-state index in [1.54, 1.807) is 0 Å². The molecule has 1 aliphatic heterocycles. The Balaban J connectivity index is 1.79. The van der Waals surface area contributed by atoms with Crippen LogP contribution in [-0.4, -0.2) is 43.2 Å². The van der Waals surface area contributed by atoms with Gasteiger partial charge in [0.15, 0.2) is 0 Å². The summed E-state index contributed by atoms with van der Waals surface area (Å²) in [4.78, 5) is 14.2. The van der Waals surface area contributed by atoms with Crippen molar-refractivity contribution < 1.29 is 9.53 Å². The predicted molar refractivity (Wildman–Crippen MR) is 84.9 cm³/mol. The number of rotatable bonds is 4. The van der Waals surface area contributed by atoms with E-state index >= 15 is 0 Å². The van der Waals surface area contributed by atoms with Gasteiger partial charge in [0.1, 0.15) is 5.75 Å². The fraction of sp³-hybridized carbons (Fsp3) is 0.562. The first kappa shape index (κ1) is 15.6. The van der Waals surface area contributed by atoms with Crippen LogP contribution in [0.3, 0.4) is 0 Å². The van der Waals surface area contributed by atoms with Crippen molar-refractivity contribution in [3.63, 3.8) is 0 Å². The van der Waals surface area contributed by atoms with Gasteiger partial charge >= 0.3 is 6.03 Å². The zero-order valence-corrected chi connectivity index (χ0v) is 13.1. The molecule has 116 valence electrons. The van der Waals surface area contributed by atoms with Crippen LogP contribution in [0.25, 0.3) is 0 Å². The van der Waals surface area contributed by atoms with Crippen LogP contribution in [0, 0.1) is 0 Å². The number of amides is 2. The maximum atomic E-state index is 12.0. The minimum Gasteiger partial charge on any atom is -0.491 e. The first-order chi connectivity index (χ1) is 10.0. The molecule has 2 N–H and O–H groups in total. The Morgan fingerprint density at radius 1 is 1.24 bits per heavy atom. The van der Waals surface area contributed by atoms with E-state index in [2.05, 4.69) is 22.6 Å². The monoisotopic (exact) mass is 291 g/mol. The van der Waals surface area contributed by atoms with E-state index < -0.39 is 0 Å². The van der Waals surface area contributed by atoms with Gasteiger partial charge in [0, 0.05) is 11.7 Å². The van der Waals surface area contributed by atoms with E-state index in [9.17, 15) is 4.79 Å². The summed E-state index contributed by atoms with van der Waals surface area (Å²) in [5.41, 5.74) is 0.775. The Morgan fingerprint density at radius 2 is 1.86 bits per heavy atom. The lowest BCUT2D eigenvalue weighted by Gasteiger charge is -2.29. The Hall–Kier alpha value is -1.75. The molecule has 1 aromatic rings. The fourth-order valence-electron chi connectivity index (χ4n) is 2.39. The summed E-state index contributed by atoms with van der Waals surface area (Å²) in [6.07, 6.45) is 2.16. The van der Waals surface area contributed by atoms with Gasteiger partial charge < -0.3 is 20.3 Å². The average molecular weight is 291 g/mol. The number of benzene rings is 1. The molecule has 0 unspecified atom stereocenters. The highest BCUT2D eigenvalue weighted by Crippen LogP contribution is 2.17. The van der Waals surface area contributed by atoms with Crippen molar-refractivity contribution in [2.24, 2.45) is 0 Å². The Morgan fingerprint density at radius 3 is 2.43 bits per heavy atom. The smallest absolute Gasteiger partial charge is 0.319 e. The van der Waals surface area contributed by atoms with E-state index in [1.807, 2.05) is 38.1 Å². The number of likely N-dealkylation sites (tertiary alicyclic amines) is 1. The van der Waals surface area contributed by atoms with Gasteiger partial charge in [0.2, 0.25) is 0 Å². The second-order valence-electron chi connectivity index (χ2n) is 5.87. The highest BCUT2D eigenvalue weighted by atomic mass is 16.5. The molecule has 0 spiro atoms. The zero-order valence-electron chi connectivity index (χ0n) is 13.1. The number of nitrogens with zero attached hydrogens (tertiary/aromatic N) is 1. The topological polar surface area (TPSA) is 53.6 Å². The normalized spacial score (nSPS) is 16.8. The van der Waals surface area contributed by atoms with Crippen LogP contribution in [0.15, 0.2) is 24.3 Å². The lowest BCUT2D eigenvalue weighted by atomic mass is 10.1. The standard InChI is InChI=1S/C16H25N3O2/c1-12(2)21-15-6-4-13(5-7-15)17-16(20)18-14-8-10-19(3)11-9-14/h4-7,12,14H,8-11H2,1-3H3,(H2,17,18,20). The van der Waals surface area contributed by atoms with Gasteiger partial charge in [-0.3, -0.25) is 0 Å². The lowest BCUT2D eigenvalue weighted by molar-refractivity contribution is 0.221. The number of carbonyl (C=O) groups excluding carboxylic acids is 1. The number of nitrogens with one attached hydrogen (secondary N) is 2. The summed E-state index contributed by atoms with van der Waals surface area (Å²) >= 11 is 0. The fourth-order valence-corrected chi connectivity index (χ4v) is 2.39. The van der Waals surface area contributed by atoms with Crippen molar-refractivity contribution in [2.75, 3.05) is 25.5 Å². The molecule has 0 saturated carbocycles. The maximum absolute atomic E-state index is 12.0. The molecule has 1 saturated heterocycles. The zero-order chi connectivity index (χ0) is 15.2. The Labute approximate surface area is 126 Å². The third kappa shape index (κ3) is 5.27. The van der Waals surface area contributed by atoms with Crippen molar-refractivity contribution in [2.45, 2.75) is 38.8 Å². The number of hydrogen-bond acceptors (Lipinski definition) is 3. The van der Waals surface area contributed by atoms with Crippen molar-refractivity contribution in [3.05, 3.63) is 24.3 Å². The number of ether oxygens (including phenoxy) is 1. The van der Waals surface area contributed by atoms with E-state index in [1.165, 1.54) is 0 Å². The molecule has 1 fully saturated rings. The summed E-state index contributed by atoms with van der Waals surface area (Å²) in [6.45, 7) is 6.04. The summed E-state index contributed by atoms with van der Waals surface area (Å²) in [5.74, 6) is 0.811. The van der Waals surface area contributed by atoms with Crippen LogP contribution in [-0.2, 0) is 0 Å². The number of piperidine rings is 1. The van der Waals surface area contributed by atoms with E-state index in [-0.39, 0.29) is 18.2 Å². The van der Waals surface area contributed by atoms with Gasteiger partial charge in [0.25, 0.3) is 0 Å². The van der Waals surface area contributed by atoms with Crippen LogP contribution in [0.2, 0.25) is 0 Å². The van der Waals surface area contributed by atoms with Gasteiger partial charge in [0.05, 0.1) is 6.10 Å². The first-order valence-electron chi connectivity index (χ1n) is 7.55. The first-order valence-corrected chi connectivity index (χ1v) is 7.55. The molecule has 0 aliphatic carbocycles. The Bertz CT molecular complexity index is 451. The molecule has 5 nitrogen and oxygen atoms in total. The summed E-state index contributed by atoms with van der Waals surface area (Å²) < 4.78 is 5.57. The van der Waals surface area contributed by atoms with E-state index in [0.29, 0.717) is 0 Å². The molecular weight excluding hydrogens is 266 g/mol. The number of urea groups is 1. The predicted octanol–water partition coefficient (Wildman–Crippen LogP) is 2.69. The SMILES string of the molecule is CC(C)Oc1ccc(NC(=O)NC2CCN(C)CC2)cc1. The summed E-state index contributed by atoms with van der Waals surface area (Å²) in [5, 5.41) is 5.89. The maximum Gasteiger partial charge on any atom is 0.319 e. The van der Waals surface area contributed by atoms with Crippen LogP contribution in [0.5, 0.6) is 5.75 Å². The van der Waals surface area contributed by atoms with Gasteiger partial charge in [-0.25, -0.2) is 4.79 Å². The van der Waals surface area contributed by atoms with Crippen molar-refractivity contribution >= 4 is 11.7 Å². The lowest BCUT2D eigenvalue weighted by Crippen LogP contribution is -2.44. The average Bonchev–Trinajstić information content (AvgIpc) is 2.43. The van der Waals surface area contributed by atoms with Crippen LogP contribution < -0.4 is 15.4 Å². The third-order valence-corrected chi connectivity index (χ3v) is 3.54. The van der Waals surface area contributed by atoms with Crippen molar-refractivity contribution in [3.8, 4) is 5.75 Å². The molecule has 1 aliphatic rings. The summed E-state index contributed by atoms with van der Waals surface area (Å²) in [6, 6.07) is 7.57. The number of hydrogen-bond donors (Lipinski definition) is 2. The highest BCUT2D eigenvalue weighted by molar-refractivity contribution is 5.89. The van der Waals surface area contributed by atoms with E-state index in [0.717, 1.165) is 37.4 Å². The molecule has 1 heterocycles. The van der Waals surface area contributed by atoms with Gasteiger partial charge in [-0.05, 0) is 71.1 Å². The van der Waals surface area contributed by atoms with Crippen LogP contribution in [0.4, 0.5) is 10.5 Å². The van der Waals surface area contributed by atoms with Gasteiger partial charge in [-0.15, -0.1) is 0 Å². The molecule has 0 atom stereocenters. The second kappa shape index (κ2) is 7.31. The molecule has 2 rings (SSSR count). The van der Waals surface area contributed by atoms with Crippen molar-refractivity contribution in [1.29, 1.82) is 0 Å². The number of anilines is 1. The molecule has 5 heteroatoms. The minimum absolute atomic E-state index is 0.137. The third-order valence-electron chi connectivity index (χ3n) is 3.54. The second-order valence-corrected chi connectivity index (χ2v) is 5.87. The number of carbonyl (C=O) groups is 1. The molecule has 1 aromatic carbocycles. The van der Waals surface area contributed by atoms with E-state index in [4.69, 9.17) is 4.74 Å². The molecule has 21 heavy (non-hydrogen) atoms.